The number of hydrogen-bond acceptors (Lipinski definition) is 1. The molecule has 98 valence electrons. The number of benzene rings is 2. The molecule has 2 aromatic rings. The first-order valence-electron chi connectivity index (χ1n) is 6.40. The van der Waals surface area contributed by atoms with Crippen LogP contribution in [-0.2, 0) is 6.42 Å². The number of ether oxygens (including phenoxy) is 1. The lowest BCUT2D eigenvalue weighted by atomic mass is 10.0. The fourth-order valence-electron chi connectivity index (χ4n) is 2.64. The molecule has 0 spiro atoms. The van der Waals surface area contributed by atoms with Crippen molar-refractivity contribution in [3.05, 3.63) is 57.8 Å². The third-order valence-electron chi connectivity index (χ3n) is 3.62. The lowest BCUT2D eigenvalue weighted by molar-refractivity contribution is 0.474. The summed E-state index contributed by atoms with van der Waals surface area (Å²) in [5, 5.41) is 0. The van der Waals surface area contributed by atoms with Gasteiger partial charge in [-0.15, -0.1) is 0 Å². The van der Waals surface area contributed by atoms with E-state index in [1.807, 2.05) is 24.3 Å². The molecule has 1 atom stereocenters. The molecular formula is C16H14BrFO. The molecular weight excluding hydrogens is 307 g/mol. The van der Waals surface area contributed by atoms with E-state index < -0.39 is 0 Å². The quantitative estimate of drug-likeness (QED) is 0.716. The van der Waals surface area contributed by atoms with Crippen molar-refractivity contribution in [1.82, 2.24) is 0 Å². The van der Waals surface area contributed by atoms with Crippen LogP contribution in [0.3, 0.4) is 0 Å². The van der Waals surface area contributed by atoms with E-state index in [9.17, 15) is 4.39 Å². The van der Waals surface area contributed by atoms with Crippen LogP contribution in [0, 0.1) is 5.82 Å². The van der Waals surface area contributed by atoms with Crippen LogP contribution in [-0.4, -0.2) is 0 Å². The maximum atomic E-state index is 13.9. The van der Waals surface area contributed by atoms with Gasteiger partial charge in [0.05, 0.1) is 0 Å². The minimum atomic E-state index is -0.108. The Kier molecular flexibility index (Phi) is 3.31. The molecule has 1 aliphatic rings. The molecule has 19 heavy (non-hydrogen) atoms. The number of hydrogen-bond donors (Lipinski definition) is 0. The molecule has 0 bridgehead atoms. The predicted molar refractivity (Wildman–Crippen MR) is 77.4 cm³/mol. The fraction of sp³-hybridized carbons (Fsp3) is 0.250. The Morgan fingerprint density at radius 3 is 2.63 bits per heavy atom. The molecule has 0 N–H and O–H groups in total. The first-order chi connectivity index (χ1) is 9.15. The highest BCUT2D eigenvalue weighted by Gasteiger charge is 2.25. The van der Waals surface area contributed by atoms with Gasteiger partial charge in [0.15, 0.2) is 0 Å². The molecule has 1 nitrogen and oxygen atoms in total. The maximum absolute atomic E-state index is 13.9. The summed E-state index contributed by atoms with van der Waals surface area (Å²) in [5.41, 5.74) is 1.85. The average Bonchev–Trinajstić information content (AvgIpc) is 2.79. The van der Waals surface area contributed by atoms with E-state index in [4.69, 9.17) is 4.74 Å². The Balaban J connectivity index is 1.96. The van der Waals surface area contributed by atoms with Crippen LogP contribution in [0.1, 0.15) is 30.4 Å². The minimum absolute atomic E-state index is 0.108. The fourth-order valence-corrected chi connectivity index (χ4v) is 2.90. The Morgan fingerprint density at radius 2 is 1.89 bits per heavy atom. The van der Waals surface area contributed by atoms with Crippen LogP contribution < -0.4 is 4.74 Å². The number of halogens is 2. The topological polar surface area (TPSA) is 9.23 Å². The third kappa shape index (κ3) is 2.39. The van der Waals surface area contributed by atoms with E-state index in [2.05, 4.69) is 22.9 Å². The molecule has 0 saturated heterocycles. The van der Waals surface area contributed by atoms with Crippen LogP contribution in [0.25, 0.3) is 0 Å². The van der Waals surface area contributed by atoms with Gasteiger partial charge in [-0.2, -0.15) is 0 Å². The zero-order valence-corrected chi connectivity index (χ0v) is 12.2. The van der Waals surface area contributed by atoms with Crippen molar-refractivity contribution in [3.8, 4) is 11.5 Å². The molecule has 3 heteroatoms. The zero-order chi connectivity index (χ0) is 13.4. The van der Waals surface area contributed by atoms with Gasteiger partial charge in [-0.3, -0.25) is 0 Å². The van der Waals surface area contributed by atoms with Gasteiger partial charge in [0.25, 0.3) is 0 Å². The number of fused-ring (bicyclic) bond motifs is 1. The molecule has 3 rings (SSSR count). The molecule has 1 aliphatic carbocycles. The summed E-state index contributed by atoms with van der Waals surface area (Å²) < 4.78 is 20.8. The van der Waals surface area contributed by atoms with Gasteiger partial charge in [0, 0.05) is 10.0 Å². The molecule has 0 aliphatic heterocycles. The SMILES string of the molecule is CC1CCc2c(Oc3ccc(Br)cc3)ccc(F)c21. The van der Waals surface area contributed by atoms with Crippen LogP contribution in [0.15, 0.2) is 40.9 Å². The van der Waals surface area contributed by atoms with E-state index in [-0.39, 0.29) is 11.7 Å². The first-order valence-corrected chi connectivity index (χ1v) is 7.19. The van der Waals surface area contributed by atoms with Crippen molar-refractivity contribution in [1.29, 1.82) is 0 Å². The van der Waals surface area contributed by atoms with Crippen molar-refractivity contribution < 1.29 is 9.13 Å². The summed E-state index contributed by atoms with van der Waals surface area (Å²) in [4.78, 5) is 0. The van der Waals surface area contributed by atoms with E-state index >= 15 is 0 Å². The van der Waals surface area contributed by atoms with Gasteiger partial charge < -0.3 is 4.74 Å². The van der Waals surface area contributed by atoms with Crippen LogP contribution in [0.2, 0.25) is 0 Å². The maximum Gasteiger partial charge on any atom is 0.131 e. The zero-order valence-electron chi connectivity index (χ0n) is 10.6. The Morgan fingerprint density at radius 1 is 1.16 bits per heavy atom. The second kappa shape index (κ2) is 4.97. The van der Waals surface area contributed by atoms with Crippen molar-refractivity contribution in [3.63, 3.8) is 0 Å². The third-order valence-corrected chi connectivity index (χ3v) is 4.15. The minimum Gasteiger partial charge on any atom is -0.457 e. The van der Waals surface area contributed by atoms with Crippen molar-refractivity contribution in [2.75, 3.05) is 0 Å². The molecule has 0 aromatic heterocycles. The highest BCUT2D eigenvalue weighted by atomic mass is 79.9. The predicted octanol–water partition coefficient (Wildman–Crippen LogP) is 5.43. The van der Waals surface area contributed by atoms with Crippen LogP contribution in [0.5, 0.6) is 11.5 Å². The molecule has 0 amide bonds. The normalized spacial score (nSPS) is 17.3. The highest BCUT2D eigenvalue weighted by Crippen LogP contribution is 2.41. The lowest BCUT2D eigenvalue weighted by Crippen LogP contribution is -1.95. The Hall–Kier alpha value is -1.35. The van der Waals surface area contributed by atoms with Crippen LogP contribution in [0.4, 0.5) is 4.39 Å². The molecule has 0 radical (unpaired) electrons. The van der Waals surface area contributed by atoms with Gasteiger partial charge >= 0.3 is 0 Å². The van der Waals surface area contributed by atoms with Crippen molar-refractivity contribution >= 4 is 15.9 Å². The molecule has 2 aromatic carbocycles. The smallest absolute Gasteiger partial charge is 0.131 e. The van der Waals surface area contributed by atoms with Crippen molar-refractivity contribution in [2.45, 2.75) is 25.7 Å². The summed E-state index contributed by atoms with van der Waals surface area (Å²) in [6.07, 6.45) is 1.88. The Labute approximate surface area is 120 Å². The van der Waals surface area contributed by atoms with E-state index in [0.717, 1.165) is 39.9 Å². The van der Waals surface area contributed by atoms with E-state index in [1.54, 1.807) is 6.07 Å². The second-order valence-corrected chi connectivity index (χ2v) is 5.85. The van der Waals surface area contributed by atoms with Gasteiger partial charge in [0.1, 0.15) is 17.3 Å². The number of rotatable bonds is 2. The molecule has 0 heterocycles. The summed E-state index contributed by atoms with van der Waals surface area (Å²) >= 11 is 3.39. The Bertz CT molecular complexity index is 607. The average molecular weight is 321 g/mol. The molecule has 0 saturated carbocycles. The highest BCUT2D eigenvalue weighted by molar-refractivity contribution is 9.10. The van der Waals surface area contributed by atoms with E-state index in [1.165, 1.54) is 6.07 Å². The summed E-state index contributed by atoms with van der Waals surface area (Å²) in [6.45, 7) is 2.07. The van der Waals surface area contributed by atoms with Gasteiger partial charge in [-0.25, -0.2) is 4.39 Å². The largest absolute Gasteiger partial charge is 0.457 e. The van der Waals surface area contributed by atoms with Gasteiger partial charge in [0.2, 0.25) is 0 Å². The first kappa shape index (κ1) is 12.7. The second-order valence-electron chi connectivity index (χ2n) is 4.93. The van der Waals surface area contributed by atoms with Crippen LogP contribution >= 0.6 is 15.9 Å². The lowest BCUT2D eigenvalue weighted by Gasteiger charge is -2.12. The summed E-state index contributed by atoms with van der Waals surface area (Å²) in [5.74, 6) is 1.73. The van der Waals surface area contributed by atoms with Crippen molar-refractivity contribution in [2.24, 2.45) is 0 Å². The summed E-state index contributed by atoms with van der Waals surface area (Å²) in [6, 6.07) is 10.9. The monoisotopic (exact) mass is 320 g/mol. The standard InChI is InChI=1S/C16H14BrFO/c1-10-2-7-13-15(9-8-14(18)16(10)13)19-12-5-3-11(17)4-6-12/h3-6,8-10H,2,7H2,1H3. The van der Waals surface area contributed by atoms with Gasteiger partial charge in [-0.1, -0.05) is 22.9 Å². The molecule has 1 unspecified atom stereocenters. The van der Waals surface area contributed by atoms with E-state index in [0.29, 0.717) is 0 Å². The molecule has 0 fully saturated rings. The van der Waals surface area contributed by atoms with Gasteiger partial charge in [-0.05, 0) is 60.7 Å². The summed E-state index contributed by atoms with van der Waals surface area (Å²) in [7, 11) is 0.